The molecule has 15 heavy (non-hydrogen) atoms. The highest BCUT2D eigenvalue weighted by Gasteiger charge is 2.50. The third kappa shape index (κ3) is 2.81. The van der Waals surface area contributed by atoms with Crippen molar-refractivity contribution in [2.24, 2.45) is 5.92 Å². The SMILES string of the molecule is C=COC=C.OCC12CCC(C1)C(O)O2. The lowest BCUT2D eigenvalue weighted by molar-refractivity contribution is -0.181. The van der Waals surface area contributed by atoms with Crippen LogP contribution < -0.4 is 0 Å². The molecule has 0 radical (unpaired) electrons. The van der Waals surface area contributed by atoms with Crippen molar-refractivity contribution < 1.29 is 19.7 Å². The van der Waals surface area contributed by atoms with E-state index in [9.17, 15) is 5.11 Å². The molecule has 4 nitrogen and oxygen atoms in total. The van der Waals surface area contributed by atoms with Gasteiger partial charge in [0.25, 0.3) is 0 Å². The molecule has 1 aliphatic heterocycles. The first-order chi connectivity index (χ1) is 7.17. The van der Waals surface area contributed by atoms with Gasteiger partial charge in [0.1, 0.15) is 0 Å². The van der Waals surface area contributed by atoms with Gasteiger partial charge in [-0.1, -0.05) is 13.2 Å². The summed E-state index contributed by atoms with van der Waals surface area (Å²) in [6.45, 7) is 6.57. The van der Waals surface area contributed by atoms with E-state index in [1.807, 2.05) is 0 Å². The molecule has 0 aromatic carbocycles. The maximum absolute atomic E-state index is 9.18. The highest BCUT2D eigenvalue weighted by molar-refractivity contribution is 4.97. The van der Waals surface area contributed by atoms with Gasteiger partial charge in [-0.25, -0.2) is 0 Å². The fourth-order valence-electron chi connectivity index (χ4n) is 2.08. The van der Waals surface area contributed by atoms with Crippen molar-refractivity contribution in [1.29, 1.82) is 0 Å². The van der Waals surface area contributed by atoms with E-state index in [1.165, 1.54) is 12.5 Å². The van der Waals surface area contributed by atoms with E-state index in [2.05, 4.69) is 17.9 Å². The molecule has 2 aliphatic rings. The van der Waals surface area contributed by atoms with Crippen LogP contribution in [0.15, 0.2) is 25.7 Å². The average Bonchev–Trinajstić information content (AvgIpc) is 2.78. The van der Waals surface area contributed by atoms with E-state index in [0.29, 0.717) is 0 Å². The van der Waals surface area contributed by atoms with Gasteiger partial charge in [-0.2, -0.15) is 0 Å². The van der Waals surface area contributed by atoms with Gasteiger partial charge in [0, 0.05) is 5.92 Å². The van der Waals surface area contributed by atoms with Gasteiger partial charge in [0.15, 0.2) is 6.29 Å². The predicted molar refractivity (Wildman–Crippen MR) is 55.7 cm³/mol. The van der Waals surface area contributed by atoms with Crippen LogP contribution in [-0.2, 0) is 9.47 Å². The minimum Gasteiger partial charge on any atom is -0.474 e. The summed E-state index contributed by atoms with van der Waals surface area (Å²) >= 11 is 0. The van der Waals surface area contributed by atoms with Gasteiger partial charge in [0.2, 0.25) is 0 Å². The summed E-state index contributed by atoms with van der Waals surface area (Å²) in [5.41, 5.74) is -0.371. The molecule has 1 heterocycles. The Hall–Kier alpha value is -0.840. The molecular formula is C11H18O4. The van der Waals surface area contributed by atoms with Crippen molar-refractivity contribution >= 4 is 0 Å². The highest BCUT2D eigenvalue weighted by atomic mass is 16.6. The third-order valence-corrected chi connectivity index (χ3v) is 2.86. The van der Waals surface area contributed by atoms with E-state index in [4.69, 9.17) is 9.84 Å². The van der Waals surface area contributed by atoms with Gasteiger partial charge < -0.3 is 19.7 Å². The van der Waals surface area contributed by atoms with Crippen molar-refractivity contribution in [1.82, 2.24) is 0 Å². The van der Waals surface area contributed by atoms with E-state index in [0.717, 1.165) is 19.3 Å². The van der Waals surface area contributed by atoms with Gasteiger partial charge in [-0.05, 0) is 19.3 Å². The third-order valence-electron chi connectivity index (χ3n) is 2.86. The van der Waals surface area contributed by atoms with Crippen LogP contribution in [0.3, 0.4) is 0 Å². The topological polar surface area (TPSA) is 58.9 Å². The fraction of sp³-hybridized carbons (Fsp3) is 0.636. The van der Waals surface area contributed by atoms with Crippen molar-refractivity contribution in [3.8, 4) is 0 Å². The molecule has 3 atom stereocenters. The van der Waals surface area contributed by atoms with Gasteiger partial charge in [-0.3, -0.25) is 0 Å². The first-order valence-corrected chi connectivity index (χ1v) is 5.01. The van der Waals surface area contributed by atoms with Crippen molar-refractivity contribution in [3.05, 3.63) is 25.7 Å². The molecule has 4 heteroatoms. The van der Waals surface area contributed by atoms with E-state index >= 15 is 0 Å². The molecule has 0 spiro atoms. The number of hydrogen-bond acceptors (Lipinski definition) is 4. The summed E-state index contributed by atoms with van der Waals surface area (Å²) in [6.07, 6.45) is 4.76. The minimum atomic E-state index is -0.610. The Kier molecular flexibility index (Phi) is 4.32. The van der Waals surface area contributed by atoms with Crippen molar-refractivity contribution in [2.75, 3.05) is 6.61 Å². The number of rotatable bonds is 3. The van der Waals surface area contributed by atoms with Crippen LogP contribution in [-0.4, -0.2) is 28.7 Å². The lowest BCUT2D eigenvalue weighted by Gasteiger charge is -2.26. The normalized spacial score (nSPS) is 36.7. The molecule has 2 fully saturated rings. The second-order valence-corrected chi connectivity index (χ2v) is 3.82. The maximum Gasteiger partial charge on any atom is 0.158 e. The minimum absolute atomic E-state index is 0.0561. The molecule has 1 aliphatic carbocycles. The van der Waals surface area contributed by atoms with Crippen LogP contribution in [0, 0.1) is 5.92 Å². The molecule has 2 rings (SSSR count). The molecule has 1 saturated heterocycles. The van der Waals surface area contributed by atoms with Gasteiger partial charge >= 0.3 is 0 Å². The predicted octanol–water partition coefficient (Wildman–Crippen LogP) is 1.16. The van der Waals surface area contributed by atoms with Crippen molar-refractivity contribution in [3.63, 3.8) is 0 Å². The number of fused-ring (bicyclic) bond motifs is 2. The Morgan fingerprint density at radius 2 is 2.13 bits per heavy atom. The summed E-state index contributed by atoms with van der Waals surface area (Å²) in [5, 5.41) is 18.1. The summed E-state index contributed by atoms with van der Waals surface area (Å²) in [5.74, 6) is 0.284. The Morgan fingerprint density at radius 3 is 2.33 bits per heavy atom. The number of ether oxygens (including phenoxy) is 2. The first-order valence-electron chi connectivity index (χ1n) is 5.01. The molecule has 1 saturated carbocycles. The lowest BCUT2D eigenvalue weighted by atomic mass is 10.1. The van der Waals surface area contributed by atoms with E-state index < -0.39 is 6.29 Å². The second-order valence-electron chi connectivity index (χ2n) is 3.82. The quantitative estimate of drug-likeness (QED) is 0.692. The molecule has 86 valence electrons. The smallest absolute Gasteiger partial charge is 0.158 e. The van der Waals surface area contributed by atoms with Crippen LogP contribution in [0.4, 0.5) is 0 Å². The van der Waals surface area contributed by atoms with Crippen LogP contribution in [0.1, 0.15) is 19.3 Å². The lowest BCUT2D eigenvalue weighted by Crippen LogP contribution is -2.34. The average molecular weight is 214 g/mol. The zero-order chi connectivity index (χ0) is 11.3. The Morgan fingerprint density at radius 1 is 1.47 bits per heavy atom. The Labute approximate surface area is 89.8 Å². The van der Waals surface area contributed by atoms with Crippen molar-refractivity contribution in [2.45, 2.75) is 31.2 Å². The van der Waals surface area contributed by atoms with Crippen LogP contribution in [0.25, 0.3) is 0 Å². The zero-order valence-electron chi connectivity index (χ0n) is 8.76. The number of aliphatic hydroxyl groups excluding tert-OH is 2. The Balaban J connectivity index is 0.000000195. The maximum atomic E-state index is 9.18. The zero-order valence-corrected chi connectivity index (χ0v) is 8.76. The molecule has 2 N–H and O–H groups in total. The van der Waals surface area contributed by atoms with E-state index in [1.54, 1.807) is 0 Å². The van der Waals surface area contributed by atoms with Crippen LogP contribution in [0.5, 0.6) is 0 Å². The monoisotopic (exact) mass is 214 g/mol. The summed E-state index contributed by atoms with van der Waals surface area (Å²) in [7, 11) is 0. The molecule has 0 aromatic rings. The number of hydrogen-bond donors (Lipinski definition) is 2. The van der Waals surface area contributed by atoms with E-state index in [-0.39, 0.29) is 18.1 Å². The van der Waals surface area contributed by atoms with Gasteiger partial charge in [0.05, 0.1) is 24.7 Å². The molecule has 2 bridgehead atoms. The van der Waals surface area contributed by atoms with Crippen LogP contribution >= 0.6 is 0 Å². The molecule has 0 amide bonds. The molecule has 3 unspecified atom stereocenters. The summed E-state index contributed by atoms with van der Waals surface area (Å²) in [4.78, 5) is 0. The first kappa shape index (κ1) is 12.2. The standard InChI is InChI=1S/C7H12O3.C4H6O/c8-4-7-2-1-5(3-7)6(9)10-7;1-3-5-4-2/h5-6,8-9H,1-4H2;3-4H,1-2H2. The Bertz CT molecular complexity index is 219. The molecule has 0 aromatic heterocycles. The summed E-state index contributed by atoms with van der Waals surface area (Å²) in [6, 6.07) is 0. The summed E-state index contributed by atoms with van der Waals surface area (Å²) < 4.78 is 9.56. The molecular weight excluding hydrogens is 196 g/mol. The fourth-order valence-corrected chi connectivity index (χ4v) is 2.08. The number of aliphatic hydroxyl groups is 2. The highest BCUT2D eigenvalue weighted by Crippen LogP contribution is 2.46. The second kappa shape index (κ2) is 5.30. The van der Waals surface area contributed by atoms with Crippen LogP contribution in [0.2, 0.25) is 0 Å². The largest absolute Gasteiger partial charge is 0.474 e. The van der Waals surface area contributed by atoms with Gasteiger partial charge in [-0.15, -0.1) is 0 Å².